The second kappa shape index (κ2) is 8.55. The average Bonchev–Trinajstić information content (AvgIpc) is 3.27. The number of piperazine rings is 1. The van der Waals surface area contributed by atoms with E-state index in [1.165, 1.54) is 0 Å². The summed E-state index contributed by atoms with van der Waals surface area (Å²) in [6, 6.07) is 17.6. The number of hydrogen-bond acceptors (Lipinski definition) is 5. The topological polar surface area (TPSA) is 80.6 Å². The van der Waals surface area contributed by atoms with E-state index in [1.54, 1.807) is 14.5 Å². The minimum atomic E-state index is -0.156. The molecule has 0 saturated carbocycles. The maximum Gasteiger partial charge on any atom is 0.276 e. The van der Waals surface area contributed by atoms with Crippen LogP contribution in [-0.4, -0.2) is 62.8 Å². The molecule has 2 aliphatic rings. The molecule has 0 radical (unpaired) electrons. The highest BCUT2D eigenvalue weighted by atomic mass is 16.5. The Morgan fingerprint density at radius 2 is 1.56 bits per heavy atom. The maximum atomic E-state index is 13.1. The van der Waals surface area contributed by atoms with Gasteiger partial charge in [-0.15, -0.1) is 5.10 Å². The number of benzene rings is 2. The lowest BCUT2D eigenvalue weighted by atomic mass is 10.1. The van der Waals surface area contributed by atoms with Crippen molar-refractivity contribution in [2.45, 2.75) is 26.2 Å². The molecule has 0 aliphatic carbocycles. The van der Waals surface area contributed by atoms with E-state index in [4.69, 9.17) is 4.74 Å². The number of carbonyl (C=O) groups excluding carboxylic acids is 2. The van der Waals surface area contributed by atoms with Crippen molar-refractivity contribution in [3.8, 4) is 0 Å². The van der Waals surface area contributed by atoms with Gasteiger partial charge < -0.3 is 14.5 Å². The summed E-state index contributed by atoms with van der Waals surface area (Å²) in [5.74, 6) is -0.146. The molecule has 1 saturated heterocycles. The highest BCUT2D eigenvalue weighted by Gasteiger charge is 2.32. The van der Waals surface area contributed by atoms with Crippen LogP contribution in [0.4, 0.5) is 0 Å². The Morgan fingerprint density at radius 3 is 2.28 bits per heavy atom. The summed E-state index contributed by atoms with van der Waals surface area (Å²) in [6.07, 6.45) is -0.107. The Labute approximate surface area is 186 Å². The first kappa shape index (κ1) is 20.4. The molecule has 0 unspecified atom stereocenters. The molecule has 2 aromatic carbocycles. The monoisotopic (exact) mass is 431 g/mol. The second-order valence-electron chi connectivity index (χ2n) is 8.18. The van der Waals surface area contributed by atoms with Crippen LogP contribution in [0.3, 0.4) is 0 Å². The minimum absolute atomic E-state index is 0.0107. The summed E-state index contributed by atoms with van der Waals surface area (Å²) in [4.78, 5) is 29.5. The van der Waals surface area contributed by atoms with E-state index >= 15 is 0 Å². The van der Waals surface area contributed by atoms with Crippen molar-refractivity contribution in [3.63, 3.8) is 0 Å². The summed E-state index contributed by atoms with van der Waals surface area (Å²) in [5.41, 5.74) is 3.80. The third-order valence-corrected chi connectivity index (χ3v) is 6.20. The summed E-state index contributed by atoms with van der Waals surface area (Å²) in [5, 5.41) is 8.39. The predicted molar refractivity (Wildman–Crippen MR) is 117 cm³/mol. The molecule has 5 rings (SSSR count). The van der Waals surface area contributed by atoms with E-state index in [1.807, 2.05) is 61.5 Å². The molecule has 8 nitrogen and oxygen atoms in total. The van der Waals surface area contributed by atoms with E-state index in [9.17, 15) is 9.59 Å². The maximum absolute atomic E-state index is 13.1. The van der Waals surface area contributed by atoms with Crippen LogP contribution in [-0.2, 0) is 17.9 Å². The van der Waals surface area contributed by atoms with Crippen molar-refractivity contribution in [2.75, 3.05) is 26.2 Å². The first-order chi connectivity index (χ1) is 15.6. The zero-order chi connectivity index (χ0) is 22.1. The second-order valence-corrected chi connectivity index (χ2v) is 8.18. The first-order valence-corrected chi connectivity index (χ1v) is 10.8. The van der Waals surface area contributed by atoms with Crippen LogP contribution >= 0.6 is 0 Å². The molecule has 32 heavy (non-hydrogen) atoms. The van der Waals surface area contributed by atoms with Gasteiger partial charge in [0.05, 0.1) is 18.8 Å². The van der Waals surface area contributed by atoms with Gasteiger partial charge in [-0.3, -0.25) is 9.59 Å². The van der Waals surface area contributed by atoms with Crippen LogP contribution < -0.4 is 0 Å². The third kappa shape index (κ3) is 3.78. The molecule has 0 bridgehead atoms. The fraction of sp³-hybridized carbons (Fsp3) is 0.333. The molecule has 1 fully saturated rings. The Balaban J connectivity index is 1.24. The summed E-state index contributed by atoms with van der Waals surface area (Å²) in [6.45, 7) is 4.68. The van der Waals surface area contributed by atoms with Crippen molar-refractivity contribution in [1.29, 1.82) is 0 Å². The number of hydrogen-bond donors (Lipinski definition) is 0. The van der Waals surface area contributed by atoms with Crippen LogP contribution in [0.5, 0.6) is 0 Å². The normalized spacial score (nSPS) is 18.3. The molecule has 0 spiro atoms. The molecule has 3 aromatic rings. The summed E-state index contributed by atoms with van der Waals surface area (Å²) < 4.78 is 7.78. The zero-order valence-corrected chi connectivity index (χ0v) is 18.0. The molecule has 2 aliphatic heterocycles. The predicted octanol–water partition coefficient (Wildman–Crippen LogP) is 2.46. The van der Waals surface area contributed by atoms with E-state index in [2.05, 4.69) is 10.3 Å². The number of carbonyl (C=O) groups is 2. The highest BCUT2D eigenvalue weighted by molar-refractivity contribution is 5.96. The van der Waals surface area contributed by atoms with Crippen molar-refractivity contribution < 1.29 is 14.3 Å². The molecular weight excluding hydrogens is 406 g/mol. The molecule has 0 N–H and O–H groups in total. The van der Waals surface area contributed by atoms with Gasteiger partial charge in [0.15, 0.2) is 5.69 Å². The number of aryl methyl sites for hydroxylation is 1. The van der Waals surface area contributed by atoms with E-state index in [0.29, 0.717) is 56.3 Å². The fourth-order valence-electron chi connectivity index (χ4n) is 4.29. The fourth-order valence-corrected chi connectivity index (χ4v) is 4.29. The number of ether oxygens (including phenoxy) is 1. The molecule has 2 amide bonds. The van der Waals surface area contributed by atoms with Crippen LogP contribution in [0.25, 0.3) is 0 Å². The zero-order valence-electron chi connectivity index (χ0n) is 18.0. The van der Waals surface area contributed by atoms with E-state index in [-0.39, 0.29) is 17.9 Å². The van der Waals surface area contributed by atoms with Crippen LogP contribution in [0.1, 0.15) is 43.8 Å². The van der Waals surface area contributed by atoms with Crippen molar-refractivity contribution in [1.82, 2.24) is 24.8 Å². The van der Waals surface area contributed by atoms with Crippen LogP contribution in [0, 0.1) is 6.92 Å². The van der Waals surface area contributed by atoms with Crippen molar-refractivity contribution >= 4 is 11.8 Å². The van der Waals surface area contributed by atoms with Gasteiger partial charge in [-0.05, 0) is 24.1 Å². The molecule has 8 heteroatoms. The van der Waals surface area contributed by atoms with Gasteiger partial charge in [0.25, 0.3) is 11.8 Å². The Hall–Kier alpha value is -3.52. The van der Waals surface area contributed by atoms with Gasteiger partial charge >= 0.3 is 0 Å². The van der Waals surface area contributed by atoms with Gasteiger partial charge in [-0.25, -0.2) is 4.68 Å². The SMILES string of the molecule is Cc1ccccc1C(=O)N1CCN(C(=O)c2nnn3c2CO[C@@H](c2ccccc2)C3)CC1. The minimum Gasteiger partial charge on any atom is -0.365 e. The standard InChI is InChI=1S/C24H25N5O3/c1-17-7-5-6-10-19(17)23(30)27-11-13-28(14-12-27)24(31)22-20-16-32-21(15-29(20)26-25-22)18-8-3-2-4-9-18/h2-10,21H,11-16H2,1H3/t21-/m1/s1. The van der Waals surface area contributed by atoms with Crippen LogP contribution in [0.2, 0.25) is 0 Å². The number of nitrogens with zero attached hydrogens (tertiary/aromatic N) is 5. The third-order valence-electron chi connectivity index (χ3n) is 6.20. The summed E-state index contributed by atoms with van der Waals surface area (Å²) >= 11 is 0. The molecule has 1 aromatic heterocycles. The highest BCUT2D eigenvalue weighted by Crippen LogP contribution is 2.27. The molecule has 1 atom stereocenters. The van der Waals surface area contributed by atoms with Crippen molar-refractivity contribution in [2.24, 2.45) is 0 Å². The number of rotatable bonds is 3. The van der Waals surface area contributed by atoms with Gasteiger partial charge in [-0.1, -0.05) is 53.7 Å². The number of fused-ring (bicyclic) bond motifs is 1. The van der Waals surface area contributed by atoms with E-state index < -0.39 is 0 Å². The lowest BCUT2D eigenvalue weighted by Crippen LogP contribution is -2.51. The smallest absolute Gasteiger partial charge is 0.276 e. The first-order valence-electron chi connectivity index (χ1n) is 10.8. The average molecular weight is 431 g/mol. The molecule has 3 heterocycles. The van der Waals surface area contributed by atoms with Crippen molar-refractivity contribution in [3.05, 3.63) is 82.7 Å². The molecular formula is C24H25N5O3. The largest absolute Gasteiger partial charge is 0.365 e. The van der Waals surface area contributed by atoms with E-state index in [0.717, 1.165) is 11.1 Å². The summed E-state index contributed by atoms with van der Waals surface area (Å²) in [7, 11) is 0. The quantitative estimate of drug-likeness (QED) is 0.636. The van der Waals surface area contributed by atoms with Crippen LogP contribution in [0.15, 0.2) is 54.6 Å². The van der Waals surface area contributed by atoms with Gasteiger partial charge in [0.2, 0.25) is 0 Å². The molecule has 164 valence electrons. The Bertz CT molecular complexity index is 1140. The Kier molecular flexibility index (Phi) is 5.45. The Morgan fingerprint density at radius 1 is 0.906 bits per heavy atom. The number of aromatic nitrogens is 3. The van der Waals surface area contributed by atoms with Gasteiger partial charge in [0.1, 0.15) is 6.10 Å². The lowest BCUT2D eigenvalue weighted by molar-refractivity contribution is -0.00202. The number of amides is 2. The lowest BCUT2D eigenvalue weighted by Gasteiger charge is -2.35. The van der Waals surface area contributed by atoms with Gasteiger partial charge in [-0.2, -0.15) is 0 Å². The van der Waals surface area contributed by atoms with Gasteiger partial charge in [0, 0.05) is 31.7 Å².